The zero-order valence-corrected chi connectivity index (χ0v) is 16.5. The molecule has 8 heteroatoms. The molecule has 1 aliphatic rings. The summed E-state index contributed by atoms with van der Waals surface area (Å²) in [6.07, 6.45) is 0.707. The summed E-state index contributed by atoms with van der Waals surface area (Å²) >= 11 is 5.42. The van der Waals surface area contributed by atoms with Crippen LogP contribution in [0.1, 0.15) is 38.8 Å². The molecule has 0 fully saturated rings. The average molecular weight is 398 g/mol. The van der Waals surface area contributed by atoms with E-state index in [-0.39, 0.29) is 17.7 Å². The normalized spacial score (nSPS) is 17.1. The SMILES string of the molecule is CCOCCCN1C(=S)N[C@H](c2ccc(F)cc2F)C(C(=O)OCC)=C1C. The Balaban J connectivity index is 2.40. The van der Waals surface area contributed by atoms with Gasteiger partial charge in [0.05, 0.1) is 18.2 Å². The van der Waals surface area contributed by atoms with Gasteiger partial charge in [0.1, 0.15) is 11.6 Å². The van der Waals surface area contributed by atoms with E-state index in [1.54, 1.807) is 18.7 Å². The maximum Gasteiger partial charge on any atom is 0.338 e. The number of carbonyl (C=O) groups excluding carboxylic acids is 1. The van der Waals surface area contributed by atoms with Crippen molar-refractivity contribution < 1.29 is 23.0 Å². The largest absolute Gasteiger partial charge is 0.463 e. The number of nitrogens with zero attached hydrogens (tertiary/aromatic N) is 1. The Morgan fingerprint density at radius 3 is 2.67 bits per heavy atom. The predicted molar refractivity (Wildman–Crippen MR) is 102 cm³/mol. The van der Waals surface area contributed by atoms with E-state index < -0.39 is 23.6 Å². The first-order valence-corrected chi connectivity index (χ1v) is 9.30. The Bertz CT molecular complexity index is 740. The third-order valence-corrected chi connectivity index (χ3v) is 4.58. The van der Waals surface area contributed by atoms with Crippen molar-refractivity contribution in [2.24, 2.45) is 0 Å². The summed E-state index contributed by atoms with van der Waals surface area (Å²) in [5.41, 5.74) is 0.977. The van der Waals surface area contributed by atoms with Crippen LogP contribution in [0.3, 0.4) is 0 Å². The van der Waals surface area contributed by atoms with E-state index in [9.17, 15) is 13.6 Å². The quantitative estimate of drug-likeness (QED) is 0.411. The molecule has 0 spiro atoms. The molecule has 0 aliphatic carbocycles. The van der Waals surface area contributed by atoms with Crippen LogP contribution in [-0.4, -0.2) is 42.3 Å². The van der Waals surface area contributed by atoms with Crippen LogP contribution in [0.2, 0.25) is 0 Å². The Hall–Kier alpha value is -2.06. The van der Waals surface area contributed by atoms with E-state index in [0.29, 0.717) is 37.0 Å². The minimum Gasteiger partial charge on any atom is -0.463 e. The zero-order chi connectivity index (χ0) is 20.0. The van der Waals surface area contributed by atoms with Gasteiger partial charge in [-0.15, -0.1) is 0 Å². The van der Waals surface area contributed by atoms with Gasteiger partial charge < -0.3 is 19.7 Å². The highest BCUT2D eigenvalue weighted by atomic mass is 32.1. The zero-order valence-electron chi connectivity index (χ0n) is 15.7. The Labute approximate surface area is 163 Å². The Morgan fingerprint density at radius 1 is 1.30 bits per heavy atom. The molecular formula is C19H24F2N2O3S. The minimum atomic E-state index is -0.847. The fourth-order valence-electron chi connectivity index (χ4n) is 2.96. The average Bonchev–Trinajstić information content (AvgIpc) is 2.60. The number of benzene rings is 1. The van der Waals surface area contributed by atoms with E-state index in [1.807, 2.05) is 6.92 Å². The van der Waals surface area contributed by atoms with Gasteiger partial charge in [0, 0.05) is 37.1 Å². The number of hydrogen-bond acceptors (Lipinski definition) is 4. The second kappa shape index (κ2) is 9.75. The summed E-state index contributed by atoms with van der Waals surface area (Å²) < 4.78 is 38.2. The first kappa shape index (κ1) is 21.2. The molecule has 27 heavy (non-hydrogen) atoms. The highest BCUT2D eigenvalue weighted by Gasteiger charge is 2.35. The molecule has 0 saturated heterocycles. The molecule has 1 heterocycles. The second-order valence-corrected chi connectivity index (χ2v) is 6.36. The fourth-order valence-corrected chi connectivity index (χ4v) is 3.31. The maximum absolute atomic E-state index is 14.4. The Morgan fingerprint density at radius 2 is 2.04 bits per heavy atom. The van der Waals surface area contributed by atoms with Gasteiger partial charge in [-0.2, -0.15) is 0 Å². The molecule has 1 N–H and O–H groups in total. The van der Waals surface area contributed by atoms with Crippen LogP contribution in [0, 0.1) is 11.6 Å². The number of halogens is 2. The smallest absolute Gasteiger partial charge is 0.338 e. The van der Waals surface area contributed by atoms with Crippen molar-refractivity contribution in [3.05, 3.63) is 46.7 Å². The molecule has 1 aromatic rings. The summed E-state index contributed by atoms with van der Waals surface area (Å²) in [5, 5.41) is 3.37. The van der Waals surface area contributed by atoms with Crippen LogP contribution in [0.15, 0.2) is 29.5 Å². The van der Waals surface area contributed by atoms with Crippen LogP contribution >= 0.6 is 12.2 Å². The molecule has 1 aromatic carbocycles. The standard InChI is InChI=1S/C19H24F2N2O3S/c1-4-25-10-6-9-23-12(3)16(18(24)26-5-2)17(22-19(23)27)14-8-7-13(20)11-15(14)21/h7-8,11,17H,4-6,9-10H2,1-3H3,(H,22,27)/t17-/m1/s1. The Kier molecular flexibility index (Phi) is 7.67. The van der Waals surface area contributed by atoms with Crippen molar-refractivity contribution in [1.82, 2.24) is 10.2 Å². The second-order valence-electron chi connectivity index (χ2n) is 5.97. The number of carbonyl (C=O) groups is 1. The summed E-state index contributed by atoms with van der Waals surface area (Å²) in [6.45, 7) is 7.27. The van der Waals surface area contributed by atoms with Crippen molar-refractivity contribution >= 4 is 23.3 Å². The summed E-state index contributed by atoms with van der Waals surface area (Å²) in [6, 6.07) is 2.39. The number of ether oxygens (including phenoxy) is 2. The number of thiocarbonyl (C=S) groups is 1. The van der Waals surface area contributed by atoms with Gasteiger partial charge in [-0.05, 0) is 45.5 Å². The van der Waals surface area contributed by atoms with Crippen molar-refractivity contribution in [2.45, 2.75) is 33.2 Å². The maximum atomic E-state index is 14.4. The fraction of sp³-hybridized carbons (Fsp3) is 0.474. The van der Waals surface area contributed by atoms with E-state index in [0.717, 1.165) is 12.1 Å². The third kappa shape index (κ3) is 5.01. The van der Waals surface area contributed by atoms with Gasteiger partial charge in [-0.25, -0.2) is 13.6 Å². The predicted octanol–water partition coefficient (Wildman–Crippen LogP) is 3.46. The molecule has 5 nitrogen and oxygen atoms in total. The number of allylic oxidation sites excluding steroid dienone is 1. The lowest BCUT2D eigenvalue weighted by molar-refractivity contribution is -0.139. The first-order valence-electron chi connectivity index (χ1n) is 8.89. The lowest BCUT2D eigenvalue weighted by Gasteiger charge is -2.37. The van der Waals surface area contributed by atoms with E-state index in [2.05, 4.69) is 5.32 Å². The molecule has 0 amide bonds. The molecule has 0 bridgehead atoms. The first-order chi connectivity index (χ1) is 12.9. The molecule has 148 valence electrons. The summed E-state index contributed by atoms with van der Waals surface area (Å²) in [5.74, 6) is -2.01. The molecular weight excluding hydrogens is 374 g/mol. The van der Waals surface area contributed by atoms with Crippen molar-refractivity contribution in [1.29, 1.82) is 0 Å². The van der Waals surface area contributed by atoms with Gasteiger partial charge >= 0.3 is 5.97 Å². The van der Waals surface area contributed by atoms with Gasteiger partial charge in [0.2, 0.25) is 0 Å². The van der Waals surface area contributed by atoms with Crippen LogP contribution in [0.4, 0.5) is 8.78 Å². The lowest BCUT2D eigenvalue weighted by atomic mass is 9.94. The van der Waals surface area contributed by atoms with Gasteiger partial charge in [0.25, 0.3) is 0 Å². The molecule has 1 aliphatic heterocycles. The van der Waals surface area contributed by atoms with Crippen LogP contribution < -0.4 is 5.32 Å². The van der Waals surface area contributed by atoms with Crippen molar-refractivity contribution in [3.8, 4) is 0 Å². The van der Waals surface area contributed by atoms with Crippen LogP contribution in [-0.2, 0) is 14.3 Å². The minimum absolute atomic E-state index is 0.134. The van der Waals surface area contributed by atoms with E-state index in [1.165, 1.54) is 6.07 Å². The molecule has 2 rings (SSSR count). The van der Waals surface area contributed by atoms with Gasteiger partial charge in [0.15, 0.2) is 5.11 Å². The van der Waals surface area contributed by atoms with Gasteiger partial charge in [-0.3, -0.25) is 0 Å². The number of hydrogen-bond donors (Lipinski definition) is 1. The summed E-state index contributed by atoms with van der Waals surface area (Å²) in [4.78, 5) is 14.4. The highest BCUT2D eigenvalue weighted by Crippen LogP contribution is 2.33. The lowest BCUT2D eigenvalue weighted by Crippen LogP contribution is -2.48. The molecule has 0 aromatic heterocycles. The van der Waals surface area contributed by atoms with Crippen molar-refractivity contribution in [3.63, 3.8) is 0 Å². The monoisotopic (exact) mass is 398 g/mol. The number of rotatable bonds is 8. The topological polar surface area (TPSA) is 50.8 Å². The molecule has 0 unspecified atom stereocenters. The number of nitrogens with one attached hydrogen (secondary N) is 1. The molecule has 0 radical (unpaired) electrons. The summed E-state index contributed by atoms with van der Waals surface area (Å²) in [7, 11) is 0. The molecule has 1 atom stereocenters. The van der Waals surface area contributed by atoms with E-state index in [4.69, 9.17) is 21.7 Å². The van der Waals surface area contributed by atoms with Gasteiger partial charge in [-0.1, -0.05) is 6.07 Å². The third-order valence-electron chi connectivity index (χ3n) is 4.24. The van der Waals surface area contributed by atoms with Crippen LogP contribution in [0.5, 0.6) is 0 Å². The van der Waals surface area contributed by atoms with Crippen molar-refractivity contribution in [2.75, 3.05) is 26.4 Å². The molecule has 0 saturated carbocycles. The highest BCUT2D eigenvalue weighted by molar-refractivity contribution is 7.80. The van der Waals surface area contributed by atoms with E-state index >= 15 is 0 Å². The van der Waals surface area contributed by atoms with Crippen LogP contribution in [0.25, 0.3) is 0 Å². The number of esters is 1.